The van der Waals surface area contributed by atoms with Crippen molar-refractivity contribution in [3.05, 3.63) is 58.2 Å². The van der Waals surface area contributed by atoms with Crippen molar-refractivity contribution in [1.29, 1.82) is 0 Å². The van der Waals surface area contributed by atoms with Crippen LogP contribution in [0.1, 0.15) is 5.69 Å². The first-order chi connectivity index (χ1) is 10.1. The van der Waals surface area contributed by atoms with Gasteiger partial charge in [-0.15, -0.1) is 0 Å². The van der Waals surface area contributed by atoms with Crippen molar-refractivity contribution < 1.29 is 4.79 Å². The van der Waals surface area contributed by atoms with Crippen molar-refractivity contribution in [1.82, 2.24) is 9.88 Å². The minimum atomic E-state index is -0.146. The van der Waals surface area contributed by atoms with Gasteiger partial charge >= 0.3 is 0 Å². The number of nitrogens with one attached hydrogen (secondary N) is 1. The quantitative estimate of drug-likeness (QED) is 0.861. The third-order valence-corrected chi connectivity index (χ3v) is 4.22. The Kier molecular flexibility index (Phi) is 3.86. The summed E-state index contributed by atoms with van der Waals surface area (Å²) in [5.41, 5.74) is 1.61. The van der Waals surface area contributed by atoms with Gasteiger partial charge in [0.05, 0.1) is 15.6 Å². The zero-order valence-corrected chi connectivity index (χ0v) is 12.8. The van der Waals surface area contributed by atoms with Crippen LogP contribution in [0.15, 0.2) is 52.5 Å². The van der Waals surface area contributed by atoms with Crippen molar-refractivity contribution in [2.45, 2.75) is 0 Å². The summed E-state index contributed by atoms with van der Waals surface area (Å²) in [4.78, 5) is 17.0. The highest BCUT2D eigenvalue weighted by Gasteiger charge is 2.24. The summed E-state index contributed by atoms with van der Waals surface area (Å²) in [5.74, 6) is -0.146. The molecular weight excluding hydrogens is 306 g/mol. The van der Waals surface area contributed by atoms with E-state index in [1.165, 1.54) is 11.8 Å². The van der Waals surface area contributed by atoms with Gasteiger partial charge in [-0.2, -0.15) is 0 Å². The highest BCUT2D eigenvalue weighted by Crippen LogP contribution is 2.30. The fourth-order valence-corrected chi connectivity index (χ4v) is 2.89. The molecule has 21 heavy (non-hydrogen) atoms. The Hall–Kier alpha value is -1.98. The number of amides is 1. The highest BCUT2D eigenvalue weighted by atomic mass is 35.5. The molecule has 1 aliphatic rings. The van der Waals surface area contributed by atoms with E-state index in [-0.39, 0.29) is 5.91 Å². The molecule has 6 heteroatoms. The first-order valence-corrected chi connectivity index (χ1v) is 7.48. The lowest BCUT2D eigenvalue weighted by molar-refractivity contribution is -0.115. The molecule has 1 amide bonds. The Balaban J connectivity index is 1.87. The SMILES string of the molecule is Cn1cccc1/C=C1\SC(=Nc2ccccc2Cl)NC1=O. The van der Waals surface area contributed by atoms with Gasteiger partial charge in [0.15, 0.2) is 5.17 Å². The van der Waals surface area contributed by atoms with E-state index in [4.69, 9.17) is 11.6 Å². The molecule has 1 fully saturated rings. The van der Waals surface area contributed by atoms with Crippen LogP contribution < -0.4 is 5.32 Å². The summed E-state index contributed by atoms with van der Waals surface area (Å²) in [6.45, 7) is 0. The number of para-hydroxylation sites is 1. The highest BCUT2D eigenvalue weighted by molar-refractivity contribution is 8.18. The number of aromatic nitrogens is 1. The number of aliphatic imine (C=N–C) groups is 1. The third-order valence-electron chi connectivity index (χ3n) is 2.99. The first-order valence-electron chi connectivity index (χ1n) is 6.29. The van der Waals surface area contributed by atoms with E-state index < -0.39 is 0 Å². The van der Waals surface area contributed by atoms with E-state index in [1.54, 1.807) is 12.1 Å². The van der Waals surface area contributed by atoms with Crippen LogP contribution in [0, 0.1) is 0 Å². The van der Waals surface area contributed by atoms with E-state index >= 15 is 0 Å². The summed E-state index contributed by atoms with van der Waals surface area (Å²) in [7, 11) is 1.93. The van der Waals surface area contributed by atoms with Gasteiger partial charge in [-0.25, -0.2) is 4.99 Å². The molecule has 0 aliphatic carbocycles. The predicted octanol–water partition coefficient (Wildman–Crippen LogP) is 3.57. The van der Waals surface area contributed by atoms with Crippen LogP contribution in [-0.2, 0) is 11.8 Å². The van der Waals surface area contributed by atoms with Gasteiger partial charge in [-0.05, 0) is 42.1 Å². The van der Waals surface area contributed by atoms with Crippen LogP contribution in [0.5, 0.6) is 0 Å². The molecule has 106 valence electrons. The topological polar surface area (TPSA) is 46.4 Å². The maximum atomic E-state index is 12.0. The van der Waals surface area contributed by atoms with Crippen molar-refractivity contribution in [2.24, 2.45) is 12.0 Å². The van der Waals surface area contributed by atoms with Gasteiger partial charge in [0, 0.05) is 18.9 Å². The standard InChI is InChI=1S/C15H12ClN3OS/c1-19-8-4-5-10(19)9-13-14(20)18-15(21-13)17-12-7-3-2-6-11(12)16/h2-9H,1H3,(H,17,18,20)/b13-9-. The number of benzene rings is 1. The Morgan fingerprint density at radius 2 is 2.10 bits per heavy atom. The van der Waals surface area contributed by atoms with E-state index in [1.807, 2.05) is 48.2 Å². The fourth-order valence-electron chi connectivity index (χ4n) is 1.89. The van der Waals surface area contributed by atoms with Crippen molar-refractivity contribution >= 4 is 46.2 Å². The maximum Gasteiger partial charge on any atom is 0.264 e. The number of hydrogen-bond acceptors (Lipinski definition) is 3. The second-order valence-corrected chi connectivity index (χ2v) is 5.91. The molecule has 1 aromatic heterocycles. The van der Waals surface area contributed by atoms with E-state index in [0.717, 1.165) is 5.69 Å². The number of halogens is 1. The summed E-state index contributed by atoms with van der Waals surface area (Å²) in [5, 5.41) is 3.84. The number of nitrogens with zero attached hydrogens (tertiary/aromatic N) is 2. The lowest BCUT2D eigenvalue weighted by Crippen LogP contribution is -2.19. The minimum Gasteiger partial charge on any atom is -0.351 e. The van der Waals surface area contributed by atoms with E-state index in [9.17, 15) is 4.79 Å². The number of thioether (sulfide) groups is 1. The zero-order chi connectivity index (χ0) is 14.8. The Labute approximate surface area is 131 Å². The normalized spacial score (nSPS) is 18.5. The maximum absolute atomic E-state index is 12.0. The molecule has 0 spiro atoms. The van der Waals surface area contributed by atoms with Gasteiger partial charge in [-0.1, -0.05) is 23.7 Å². The van der Waals surface area contributed by atoms with Crippen LogP contribution in [0.2, 0.25) is 5.02 Å². The molecule has 3 rings (SSSR count). The zero-order valence-electron chi connectivity index (χ0n) is 11.2. The van der Waals surface area contributed by atoms with Gasteiger partial charge in [0.25, 0.3) is 5.91 Å². The molecule has 0 saturated carbocycles. The Morgan fingerprint density at radius 1 is 1.29 bits per heavy atom. The van der Waals surface area contributed by atoms with Crippen LogP contribution in [0.25, 0.3) is 6.08 Å². The minimum absolute atomic E-state index is 0.146. The lowest BCUT2D eigenvalue weighted by atomic mass is 10.3. The first kappa shape index (κ1) is 14.0. The number of rotatable bonds is 2. The summed E-state index contributed by atoms with van der Waals surface area (Å²) >= 11 is 7.37. The second kappa shape index (κ2) is 5.79. The smallest absolute Gasteiger partial charge is 0.264 e. The number of aryl methyl sites for hydroxylation is 1. The molecule has 1 saturated heterocycles. The molecule has 0 radical (unpaired) electrons. The molecule has 1 N–H and O–H groups in total. The molecule has 4 nitrogen and oxygen atoms in total. The van der Waals surface area contributed by atoms with E-state index in [0.29, 0.717) is 20.8 Å². The van der Waals surface area contributed by atoms with Gasteiger partial charge in [-0.3, -0.25) is 4.79 Å². The molecule has 2 heterocycles. The Morgan fingerprint density at radius 3 is 2.81 bits per heavy atom. The summed E-state index contributed by atoms with van der Waals surface area (Å²) in [6.07, 6.45) is 3.78. The molecule has 1 aromatic carbocycles. The van der Waals surface area contributed by atoms with Gasteiger partial charge < -0.3 is 9.88 Å². The molecule has 2 aromatic rings. The van der Waals surface area contributed by atoms with Crippen molar-refractivity contribution in [3.63, 3.8) is 0 Å². The summed E-state index contributed by atoms with van der Waals surface area (Å²) < 4.78 is 1.95. The number of carbonyl (C=O) groups is 1. The molecule has 0 bridgehead atoms. The second-order valence-electron chi connectivity index (χ2n) is 4.48. The molecule has 0 unspecified atom stereocenters. The Bertz CT molecular complexity index is 764. The van der Waals surface area contributed by atoms with Crippen LogP contribution in [0.3, 0.4) is 0 Å². The molecule has 0 atom stereocenters. The monoisotopic (exact) mass is 317 g/mol. The predicted molar refractivity (Wildman–Crippen MR) is 87.7 cm³/mol. The molecular formula is C15H12ClN3OS. The van der Waals surface area contributed by atoms with Crippen LogP contribution in [0.4, 0.5) is 5.69 Å². The number of carbonyl (C=O) groups excluding carboxylic acids is 1. The number of hydrogen-bond donors (Lipinski definition) is 1. The van der Waals surface area contributed by atoms with E-state index in [2.05, 4.69) is 10.3 Å². The third kappa shape index (κ3) is 3.04. The lowest BCUT2D eigenvalue weighted by Gasteiger charge is -1.98. The number of amidine groups is 1. The van der Waals surface area contributed by atoms with Gasteiger partial charge in [0.2, 0.25) is 0 Å². The largest absolute Gasteiger partial charge is 0.351 e. The van der Waals surface area contributed by atoms with Crippen molar-refractivity contribution in [3.8, 4) is 0 Å². The van der Waals surface area contributed by atoms with Crippen molar-refractivity contribution in [2.75, 3.05) is 0 Å². The average Bonchev–Trinajstić information content (AvgIpc) is 3.00. The fraction of sp³-hybridized carbons (Fsp3) is 0.0667. The average molecular weight is 318 g/mol. The van der Waals surface area contributed by atoms with Gasteiger partial charge in [0.1, 0.15) is 0 Å². The van der Waals surface area contributed by atoms with Crippen LogP contribution in [-0.4, -0.2) is 15.6 Å². The molecule has 1 aliphatic heterocycles. The summed E-state index contributed by atoms with van der Waals surface area (Å²) in [6, 6.07) is 11.2. The van der Waals surface area contributed by atoms with Crippen LogP contribution >= 0.6 is 23.4 Å².